The minimum absolute atomic E-state index is 0.0530. The summed E-state index contributed by atoms with van der Waals surface area (Å²) in [6.07, 6.45) is 0.0530. The van der Waals surface area contributed by atoms with Crippen LogP contribution in [0.4, 0.5) is 5.69 Å². The van der Waals surface area contributed by atoms with Crippen LogP contribution in [0.5, 0.6) is 5.75 Å². The van der Waals surface area contributed by atoms with Crippen LogP contribution >= 0.6 is 11.6 Å². The molecule has 2 aromatic carbocycles. The molecule has 1 atom stereocenters. The van der Waals surface area contributed by atoms with Crippen LogP contribution in [0, 0.1) is 5.92 Å². The van der Waals surface area contributed by atoms with Crippen molar-refractivity contribution in [2.45, 2.75) is 13.0 Å². The predicted octanol–water partition coefficient (Wildman–Crippen LogP) is 2.88. The first-order valence-corrected chi connectivity index (χ1v) is 9.46. The summed E-state index contributed by atoms with van der Waals surface area (Å²) in [5, 5.41) is 3.20. The first-order chi connectivity index (χ1) is 14.0. The fourth-order valence-corrected chi connectivity index (χ4v) is 3.30. The van der Waals surface area contributed by atoms with E-state index in [2.05, 4.69) is 5.32 Å². The summed E-state index contributed by atoms with van der Waals surface area (Å²) >= 11 is 6.14. The van der Waals surface area contributed by atoms with Crippen LogP contribution in [-0.2, 0) is 25.7 Å². The van der Waals surface area contributed by atoms with E-state index in [1.165, 1.54) is 7.11 Å². The zero-order valence-electron chi connectivity index (χ0n) is 15.9. The predicted molar refractivity (Wildman–Crippen MR) is 108 cm³/mol. The number of methoxy groups -OCH3 is 1. The normalized spacial score (nSPS) is 15.9. The van der Waals surface area contributed by atoms with Crippen molar-refractivity contribution in [3.05, 3.63) is 59.1 Å². The summed E-state index contributed by atoms with van der Waals surface area (Å²) in [7, 11) is 1.50. The molecule has 1 heterocycles. The number of nitrogens with zero attached hydrogens (tertiary/aromatic N) is 1. The Morgan fingerprint density at radius 1 is 1.17 bits per heavy atom. The molecule has 0 spiro atoms. The highest BCUT2D eigenvalue weighted by Crippen LogP contribution is 2.25. The molecule has 1 aliphatic heterocycles. The Kier molecular flexibility index (Phi) is 6.72. The third kappa shape index (κ3) is 5.26. The van der Waals surface area contributed by atoms with Crippen molar-refractivity contribution in [1.82, 2.24) is 4.90 Å². The Morgan fingerprint density at radius 3 is 2.66 bits per heavy atom. The molecule has 7 nitrogen and oxygen atoms in total. The van der Waals surface area contributed by atoms with Gasteiger partial charge in [0.05, 0.1) is 18.7 Å². The Labute approximate surface area is 173 Å². The number of nitrogens with one attached hydrogen (secondary N) is 1. The van der Waals surface area contributed by atoms with Crippen molar-refractivity contribution >= 4 is 35.1 Å². The molecular formula is C21H21ClN2O5. The minimum atomic E-state index is -0.607. The molecule has 152 valence electrons. The van der Waals surface area contributed by atoms with E-state index in [-0.39, 0.29) is 18.9 Å². The SMILES string of the molecule is COc1ccccc1NC(=O)COC(=O)[C@H]1CC(=O)N(Cc2ccccc2Cl)C1. The second-order valence-electron chi connectivity index (χ2n) is 6.62. The van der Waals surface area contributed by atoms with E-state index in [1.54, 1.807) is 35.2 Å². The summed E-state index contributed by atoms with van der Waals surface area (Å²) in [5.41, 5.74) is 1.30. The third-order valence-electron chi connectivity index (χ3n) is 4.59. The summed E-state index contributed by atoms with van der Waals surface area (Å²) in [5.74, 6) is -1.31. The molecule has 29 heavy (non-hydrogen) atoms. The summed E-state index contributed by atoms with van der Waals surface area (Å²) in [4.78, 5) is 38.2. The molecule has 3 rings (SSSR count). The molecule has 2 amide bonds. The van der Waals surface area contributed by atoms with Crippen molar-refractivity contribution < 1.29 is 23.9 Å². The van der Waals surface area contributed by atoms with Gasteiger partial charge < -0.3 is 19.7 Å². The Balaban J connectivity index is 1.50. The Morgan fingerprint density at radius 2 is 1.90 bits per heavy atom. The number of esters is 1. The van der Waals surface area contributed by atoms with E-state index in [4.69, 9.17) is 21.1 Å². The van der Waals surface area contributed by atoms with Crippen molar-refractivity contribution in [2.75, 3.05) is 25.6 Å². The van der Waals surface area contributed by atoms with Crippen molar-refractivity contribution in [3.63, 3.8) is 0 Å². The van der Waals surface area contributed by atoms with Crippen LogP contribution in [0.1, 0.15) is 12.0 Å². The van der Waals surface area contributed by atoms with Gasteiger partial charge in [0.25, 0.3) is 5.91 Å². The molecule has 0 bridgehead atoms. The van der Waals surface area contributed by atoms with Crippen molar-refractivity contribution in [3.8, 4) is 5.75 Å². The molecule has 2 aromatic rings. The number of benzene rings is 2. The minimum Gasteiger partial charge on any atom is -0.495 e. The quantitative estimate of drug-likeness (QED) is 0.701. The zero-order valence-corrected chi connectivity index (χ0v) is 16.6. The van der Waals surface area contributed by atoms with Crippen molar-refractivity contribution in [1.29, 1.82) is 0 Å². The maximum Gasteiger partial charge on any atom is 0.311 e. The molecule has 0 radical (unpaired) electrons. The van der Waals surface area contributed by atoms with Gasteiger partial charge in [0.15, 0.2) is 6.61 Å². The molecule has 0 unspecified atom stereocenters. The number of rotatable bonds is 7. The number of amides is 2. The second kappa shape index (κ2) is 9.43. The van der Waals surface area contributed by atoms with Gasteiger partial charge in [-0.3, -0.25) is 14.4 Å². The number of likely N-dealkylation sites (tertiary alicyclic amines) is 1. The third-order valence-corrected chi connectivity index (χ3v) is 4.96. The number of ether oxygens (including phenoxy) is 2. The lowest BCUT2D eigenvalue weighted by Crippen LogP contribution is -2.28. The van der Waals surface area contributed by atoms with E-state index in [9.17, 15) is 14.4 Å². The van der Waals surface area contributed by atoms with Crippen LogP contribution in [0.25, 0.3) is 0 Å². The maximum atomic E-state index is 12.3. The molecule has 0 aromatic heterocycles. The number of hydrogen-bond acceptors (Lipinski definition) is 5. The molecule has 1 aliphatic rings. The van der Waals surface area contributed by atoms with Gasteiger partial charge >= 0.3 is 5.97 Å². The van der Waals surface area contributed by atoms with Gasteiger partial charge in [0.1, 0.15) is 5.75 Å². The lowest BCUT2D eigenvalue weighted by Gasteiger charge is -2.17. The van der Waals surface area contributed by atoms with E-state index < -0.39 is 24.4 Å². The highest BCUT2D eigenvalue weighted by Gasteiger charge is 2.35. The highest BCUT2D eigenvalue weighted by molar-refractivity contribution is 6.31. The topological polar surface area (TPSA) is 84.9 Å². The van der Waals surface area contributed by atoms with Gasteiger partial charge in [0.2, 0.25) is 5.91 Å². The fourth-order valence-electron chi connectivity index (χ4n) is 3.10. The molecule has 8 heteroatoms. The lowest BCUT2D eigenvalue weighted by atomic mass is 10.1. The van der Waals surface area contributed by atoms with E-state index in [1.807, 2.05) is 18.2 Å². The molecule has 0 saturated carbocycles. The van der Waals surface area contributed by atoms with E-state index >= 15 is 0 Å². The van der Waals surface area contributed by atoms with Crippen LogP contribution in [0.15, 0.2) is 48.5 Å². The Hall–Kier alpha value is -3.06. The first-order valence-electron chi connectivity index (χ1n) is 9.08. The van der Waals surface area contributed by atoms with Gasteiger partial charge in [-0.05, 0) is 23.8 Å². The average molecular weight is 417 g/mol. The van der Waals surface area contributed by atoms with Crippen LogP contribution in [0.3, 0.4) is 0 Å². The summed E-state index contributed by atoms with van der Waals surface area (Å²) < 4.78 is 10.3. The maximum absolute atomic E-state index is 12.3. The second-order valence-corrected chi connectivity index (χ2v) is 7.03. The number of carbonyl (C=O) groups excluding carboxylic acids is 3. The smallest absolute Gasteiger partial charge is 0.311 e. The molecular weight excluding hydrogens is 396 g/mol. The van der Waals surface area contributed by atoms with Crippen LogP contribution < -0.4 is 10.1 Å². The van der Waals surface area contributed by atoms with Crippen LogP contribution in [-0.4, -0.2) is 42.9 Å². The van der Waals surface area contributed by atoms with Gasteiger partial charge in [-0.25, -0.2) is 0 Å². The molecule has 0 aliphatic carbocycles. The lowest BCUT2D eigenvalue weighted by molar-refractivity contribution is -0.151. The summed E-state index contributed by atoms with van der Waals surface area (Å²) in [6.45, 7) is 0.125. The standard InChI is InChI=1S/C21H21ClN2O5/c1-28-18-9-5-4-8-17(18)23-19(25)13-29-21(27)15-10-20(26)24(12-15)11-14-6-2-3-7-16(14)22/h2-9,15H,10-13H2,1H3,(H,23,25)/t15-/m0/s1. The molecule has 1 fully saturated rings. The van der Waals surface area contributed by atoms with E-state index in [0.717, 1.165) is 5.56 Å². The molecule has 1 saturated heterocycles. The summed E-state index contributed by atoms with van der Waals surface area (Å²) in [6, 6.07) is 14.2. The van der Waals surface area contributed by atoms with E-state index in [0.29, 0.717) is 23.0 Å². The van der Waals surface area contributed by atoms with Gasteiger partial charge in [0, 0.05) is 24.5 Å². The van der Waals surface area contributed by atoms with Gasteiger partial charge in [-0.15, -0.1) is 0 Å². The number of carbonyl (C=O) groups is 3. The average Bonchev–Trinajstić information content (AvgIpc) is 3.09. The largest absolute Gasteiger partial charge is 0.495 e. The molecule has 1 N–H and O–H groups in total. The number of halogens is 1. The first kappa shape index (κ1) is 20.7. The monoisotopic (exact) mass is 416 g/mol. The Bertz CT molecular complexity index is 917. The van der Waals surface area contributed by atoms with Gasteiger partial charge in [-0.1, -0.05) is 41.9 Å². The highest BCUT2D eigenvalue weighted by atomic mass is 35.5. The van der Waals surface area contributed by atoms with Crippen molar-refractivity contribution in [2.24, 2.45) is 5.92 Å². The zero-order chi connectivity index (χ0) is 20.8. The number of anilines is 1. The fraction of sp³-hybridized carbons (Fsp3) is 0.286. The van der Waals surface area contributed by atoms with Crippen LogP contribution in [0.2, 0.25) is 5.02 Å². The number of para-hydroxylation sites is 2. The van der Waals surface area contributed by atoms with Gasteiger partial charge in [-0.2, -0.15) is 0 Å². The number of hydrogen-bond donors (Lipinski definition) is 1.